The third kappa shape index (κ3) is 5.56. The molecule has 0 spiro atoms. The van der Waals surface area contributed by atoms with Crippen molar-refractivity contribution < 1.29 is 26.6 Å². The first-order chi connectivity index (χ1) is 21.5. The Morgan fingerprint density at radius 3 is 2.51 bits per heavy atom. The minimum atomic E-state index is -4.58. The topological polar surface area (TPSA) is 85.9 Å². The Hall–Kier alpha value is -3.97. The van der Waals surface area contributed by atoms with E-state index < -0.39 is 28.1 Å². The average Bonchev–Trinajstić information content (AvgIpc) is 3.61. The number of ketones is 1. The van der Waals surface area contributed by atoms with Gasteiger partial charge in [-0.05, 0) is 98.5 Å². The molecule has 13 heteroatoms. The van der Waals surface area contributed by atoms with E-state index >= 15 is 0 Å². The quantitative estimate of drug-likeness (QED) is 0.176. The van der Waals surface area contributed by atoms with E-state index in [0.29, 0.717) is 48.6 Å². The van der Waals surface area contributed by atoms with Gasteiger partial charge in [0, 0.05) is 32.0 Å². The maximum atomic E-state index is 14.5. The van der Waals surface area contributed by atoms with Gasteiger partial charge < -0.3 is 0 Å². The zero-order valence-electron chi connectivity index (χ0n) is 24.4. The maximum Gasteiger partial charge on any atom is 0.417 e. The van der Waals surface area contributed by atoms with Crippen LogP contribution < -0.4 is 0 Å². The lowest BCUT2D eigenvalue weighted by atomic mass is 9.60. The molecule has 8 nitrogen and oxygen atoms in total. The molecule has 3 heterocycles. The number of hydrogen-bond donors (Lipinski definition) is 0. The molecule has 2 fully saturated rings. The Labute approximate surface area is 259 Å². The van der Waals surface area contributed by atoms with E-state index in [0.717, 1.165) is 41.8 Å². The number of nitrogens with zero attached hydrogens (tertiary/aromatic N) is 6. The highest BCUT2D eigenvalue weighted by molar-refractivity contribution is 7.82. The van der Waals surface area contributed by atoms with Crippen molar-refractivity contribution in [1.29, 1.82) is 0 Å². The summed E-state index contributed by atoms with van der Waals surface area (Å²) >= 11 is 0. The lowest BCUT2D eigenvalue weighted by molar-refractivity contribution is -0.137. The maximum absolute atomic E-state index is 14.5. The van der Waals surface area contributed by atoms with E-state index in [1.165, 1.54) is 12.1 Å². The second kappa shape index (κ2) is 11.1. The van der Waals surface area contributed by atoms with Crippen molar-refractivity contribution in [3.05, 3.63) is 95.0 Å². The van der Waals surface area contributed by atoms with Gasteiger partial charge in [0.05, 0.1) is 28.6 Å². The van der Waals surface area contributed by atoms with E-state index in [9.17, 15) is 26.6 Å². The van der Waals surface area contributed by atoms with E-state index in [1.807, 2.05) is 10.4 Å². The number of pyridine rings is 1. The summed E-state index contributed by atoms with van der Waals surface area (Å²) in [6.07, 6.45) is 5.26. The van der Waals surface area contributed by atoms with Gasteiger partial charge in [0.15, 0.2) is 10.8 Å². The van der Waals surface area contributed by atoms with Crippen LogP contribution in [0.4, 0.5) is 17.6 Å². The summed E-state index contributed by atoms with van der Waals surface area (Å²) in [5.41, 5.74) is 0.930. The molecular weight excluding hydrogens is 608 g/mol. The van der Waals surface area contributed by atoms with Crippen molar-refractivity contribution >= 4 is 22.8 Å². The summed E-state index contributed by atoms with van der Waals surface area (Å²) in [5.74, 6) is -0.337. The van der Waals surface area contributed by atoms with Gasteiger partial charge in [-0.2, -0.15) is 23.4 Å². The number of rotatable bonds is 8. The monoisotopic (exact) mass is 638 g/mol. The number of carbonyl (C=O) groups is 1. The summed E-state index contributed by atoms with van der Waals surface area (Å²) in [7, 11) is 0.199. The van der Waals surface area contributed by atoms with Gasteiger partial charge in [-0.1, -0.05) is 5.57 Å². The summed E-state index contributed by atoms with van der Waals surface area (Å²) in [6, 6.07) is 9.46. The number of halogens is 4. The minimum Gasteiger partial charge on any atom is -0.291 e. The average molecular weight is 639 g/mol. The van der Waals surface area contributed by atoms with Crippen LogP contribution in [0.15, 0.2) is 71.7 Å². The normalized spacial score (nSPS) is 22.1. The van der Waals surface area contributed by atoms with Gasteiger partial charge in [0.2, 0.25) is 0 Å². The molecule has 45 heavy (non-hydrogen) atoms. The molecule has 0 N–H and O–H groups in total. The number of allylic oxidation sites excluding steroid dienone is 1. The van der Waals surface area contributed by atoms with Crippen LogP contribution in [0.2, 0.25) is 0 Å². The number of carbonyl (C=O) groups excluding carboxylic acids is 1. The Morgan fingerprint density at radius 1 is 1.09 bits per heavy atom. The number of aryl methyl sites for hydroxylation is 1. The fraction of sp³-hybridized carbons (Fsp3) is 0.375. The van der Waals surface area contributed by atoms with Crippen LogP contribution in [0.25, 0.3) is 11.8 Å². The highest BCUT2D eigenvalue weighted by atomic mass is 32.2. The summed E-state index contributed by atoms with van der Waals surface area (Å²) in [4.78, 5) is 18.5. The van der Waals surface area contributed by atoms with Crippen LogP contribution >= 0.6 is 0 Å². The fourth-order valence-corrected chi connectivity index (χ4v) is 7.99. The van der Waals surface area contributed by atoms with Crippen LogP contribution in [0.1, 0.15) is 59.4 Å². The van der Waals surface area contributed by atoms with E-state index in [-0.39, 0.29) is 29.8 Å². The first-order valence-electron chi connectivity index (χ1n) is 14.8. The molecule has 1 aromatic carbocycles. The zero-order valence-corrected chi connectivity index (χ0v) is 25.2. The lowest BCUT2D eigenvalue weighted by Gasteiger charge is -2.46. The van der Waals surface area contributed by atoms with E-state index in [2.05, 4.69) is 15.2 Å². The Bertz CT molecular complexity index is 1810. The Morgan fingerprint density at radius 2 is 1.87 bits per heavy atom. The minimum absolute atomic E-state index is 0.0523. The smallest absolute Gasteiger partial charge is 0.291 e. The summed E-state index contributed by atoms with van der Waals surface area (Å²) in [6.45, 7) is 0.601. The highest BCUT2D eigenvalue weighted by Crippen LogP contribution is 2.51. The number of hydrogen-bond acceptors (Lipinski definition) is 5. The Kier molecular flexibility index (Phi) is 7.35. The number of alkyl halides is 3. The van der Waals surface area contributed by atoms with Crippen molar-refractivity contribution in [1.82, 2.24) is 28.9 Å². The predicted molar refractivity (Wildman–Crippen MR) is 158 cm³/mol. The van der Waals surface area contributed by atoms with Gasteiger partial charge in [-0.15, -0.1) is 0 Å². The van der Waals surface area contributed by atoms with E-state index in [4.69, 9.17) is 0 Å². The molecule has 4 aromatic rings. The largest absolute Gasteiger partial charge is 0.417 e. The van der Waals surface area contributed by atoms with Gasteiger partial charge >= 0.3 is 6.18 Å². The number of Topliss-reactive ketones (excluding diaryl/α,β-unsaturated/α-hetero) is 1. The molecule has 0 saturated heterocycles. The molecule has 3 atom stereocenters. The van der Waals surface area contributed by atoms with Crippen LogP contribution in [0.5, 0.6) is 0 Å². The van der Waals surface area contributed by atoms with Crippen LogP contribution in [0, 0.1) is 17.2 Å². The van der Waals surface area contributed by atoms with Crippen LogP contribution in [0.3, 0.4) is 0 Å². The highest BCUT2D eigenvalue weighted by Gasteiger charge is 2.51. The summed E-state index contributed by atoms with van der Waals surface area (Å²) < 4.78 is 72.9. The van der Waals surface area contributed by atoms with Gasteiger partial charge in [0.1, 0.15) is 22.5 Å². The molecule has 3 aliphatic carbocycles. The van der Waals surface area contributed by atoms with Crippen molar-refractivity contribution in [2.75, 3.05) is 6.54 Å². The number of fused-ring (bicyclic) bond motifs is 2. The standard InChI is InChI=1S/C32H30F4N6O2S/c1-40-13-12-29(39-40)45(44)41(19-20-2-3-20)26-8-4-22-14-28-21(17-38-42(28)25-9-6-24(33)7-10-25)15-31(22,16-26)30(43)27-11-5-23(18-37-27)32(34,35)36/h5-7,9-14,17-18,20,26H,2-4,8,15-16,19H2,1H3. The fourth-order valence-electron chi connectivity index (χ4n) is 6.57. The molecule has 3 aliphatic rings. The third-order valence-electron chi connectivity index (χ3n) is 9.09. The number of aromatic nitrogens is 5. The molecule has 3 aromatic heterocycles. The van der Waals surface area contributed by atoms with Gasteiger partial charge in [-0.3, -0.25) is 14.5 Å². The van der Waals surface area contributed by atoms with Crippen LogP contribution in [-0.4, -0.2) is 51.4 Å². The first kappa shape index (κ1) is 29.7. The second-order valence-corrected chi connectivity index (χ2v) is 13.5. The summed E-state index contributed by atoms with van der Waals surface area (Å²) in [5, 5.41) is 9.39. The molecule has 7 rings (SSSR count). The molecule has 0 amide bonds. The van der Waals surface area contributed by atoms with Crippen molar-refractivity contribution in [2.24, 2.45) is 18.4 Å². The van der Waals surface area contributed by atoms with E-state index in [1.54, 1.807) is 47.0 Å². The molecule has 234 valence electrons. The molecule has 0 aliphatic heterocycles. The Balaban J connectivity index is 1.29. The van der Waals surface area contributed by atoms with Crippen molar-refractivity contribution in [3.8, 4) is 5.69 Å². The van der Waals surface area contributed by atoms with Gasteiger partial charge in [0.25, 0.3) is 0 Å². The van der Waals surface area contributed by atoms with Crippen molar-refractivity contribution in [2.45, 2.75) is 55.8 Å². The molecule has 3 unspecified atom stereocenters. The van der Waals surface area contributed by atoms with Gasteiger partial charge in [-0.25, -0.2) is 17.6 Å². The molecule has 0 bridgehead atoms. The molecule has 2 saturated carbocycles. The number of benzene rings is 1. The van der Waals surface area contributed by atoms with Crippen LogP contribution in [-0.2, 0) is 30.6 Å². The molecule has 0 radical (unpaired) electrons. The lowest BCUT2D eigenvalue weighted by Crippen LogP contribution is -2.50. The zero-order chi connectivity index (χ0) is 31.5. The first-order valence-corrected chi connectivity index (χ1v) is 15.9. The third-order valence-corrected chi connectivity index (χ3v) is 10.5. The SMILES string of the molecule is Cn1ccc(S(=O)N(CC2CC2)C2CCC3=Cc4c(cnn4-c4ccc(F)cc4)CC3(C(=O)c3ccc(C(F)(F)F)cn3)C2)n1. The second-order valence-electron chi connectivity index (χ2n) is 12.1. The predicted octanol–water partition coefficient (Wildman–Crippen LogP) is 5.95. The molecular formula is C32H30F4N6O2S. The van der Waals surface area contributed by atoms with Crippen molar-refractivity contribution in [3.63, 3.8) is 0 Å².